The maximum absolute atomic E-state index is 13.6. The monoisotopic (exact) mass is 309 g/mol. The van der Waals surface area contributed by atoms with Gasteiger partial charge in [-0.3, -0.25) is 4.98 Å². The summed E-state index contributed by atoms with van der Waals surface area (Å²) in [6.07, 6.45) is 2.98. The first-order valence-electron chi connectivity index (χ1n) is 5.79. The predicted octanol–water partition coefficient (Wildman–Crippen LogP) is 0.0627. The minimum Gasteiger partial charge on any atom is -0.545 e. The first kappa shape index (κ1) is 15.1. The summed E-state index contributed by atoms with van der Waals surface area (Å²) in [6, 6.07) is 5.69. The van der Waals surface area contributed by atoms with Crippen molar-refractivity contribution in [2.45, 2.75) is 11.4 Å². The summed E-state index contributed by atoms with van der Waals surface area (Å²) in [6.45, 7) is -0.0921. The van der Waals surface area contributed by atoms with Gasteiger partial charge in [-0.1, -0.05) is 12.1 Å². The molecule has 1 aromatic carbocycles. The van der Waals surface area contributed by atoms with Crippen molar-refractivity contribution in [3.8, 4) is 0 Å². The highest BCUT2D eigenvalue weighted by Gasteiger charge is 2.19. The molecule has 21 heavy (non-hydrogen) atoms. The normalized spacial score (nSPS) is 11.3. The van der Waals surface area contributed by atoms with Crippen LogP contribution >= 0.6 is 0 Å². The molecule has 0 bridgehead atoms. The Labute approximate surface area is 120 Å². The van der Waals surface area contributed by atoms with E-state index in [0.717, 1.165) is 18.2 Å². The number of nitrogens with one attached hydrogen (secondary N) is 1. The molecular weight excluding hydrogens is 299 g/mol. The number of carbonyl (C=O) groups is 1. The molecule has 110 valence electrons. The number of carbonyl (C=O) groups excluding carboxylic acids is 1. The largest absolute Gasteiger partial charge is 0.545 e. The SMILES string of the molecule is O=C([O-])c1ccc(F)c(S(=O)(=O)NCc2cccnc2)c1. The van der Waals surface area contributed by atoms with Crippen LogP contribution in [0.5, 0.6) is 0 Å². The molecule has 0 fully saturated rings. The van der Waals surface area contributed by atoms with Crippen LogP contribution in [0.4, 0.5) is 4.39 Å². The molecule has 6 nitrogen and oxygen atoms in total. The number of sulfonamides is 1. The van der Waals surface area contributed by atoms with Crippen molar-refractivity contribution in [2.75, 3.05) is 0 Å². The van der Waals surface area contributed by atoms with E-state index in [-0.39, 0.29) is 6.54 Å². The van der Waals surface area contributed by atoms with Crippen LogP contribution in [0.25, 0.3) is 0 Å². The van der Waals surface area contributed by atoms with Crippen LogP contribution in [0, 0.1) is 5.82 Å². The molecular formula is C13H10FN2O4S-. The van der Waals surface area contributed by atoms with E-state index in [2.05, 4.69) is 9.71 Å². The average Bonchev–Trinajstić information content (AvgIpc) is 2.46. The Bertz CT molecular complexity index is 763. The molecule has 0 unspecified atom stereocenters. The molecule has 0 spiro atoms. The molecule has 0 radical (unpaired) electrons. The molecule has 0 atom stereocenters. The van der Waals surface area contributed by atoms with Crippen LogP contribution in [-0.4, -0.2) is 19.4 Å². The quantitative estimate of drug-likeness (QED) is 0.842. The van der Waals surface area contributed by atoms with Gasteiger partial charge in [0.2, 0.25) is 10.0 Å². The van der Waals surface area contributed by atoms with Crippen LogP contribution in [0.15, 0.2) is 47.6 Å². The predicted molar refractivity (Wildman–Crippen MR) is 69.0 cm³/mol. The molecule has 2 rings (SSSR count). The van der Waals surface area contributed by atoms with E-state index in [0.29, 0.717) is 5.56 Å². The van der Waals surface area contributed by atoms with Crippen LogP contribution in [0.3, 0.4) is 0 Å². The summed E-state index contributed by atoms with van der Waals surface area (Å²) in [7, 11) is -4.19. The van der Waals surface area contributed by atoms with Gasteiger partial charge in [-0.25, -0.2) is 17.5 Å². The fourth-order valence-corrected chi connectivity index (χ4v) is 2.71. The van der Waals surface area contributed by atoms with Crippen LogP contribution in [-0.2, 0) is 16.6 Å². The number of pyridine rings is 1. The number of benzene rings is 1. The van der Waals surface area contributed by atoms with Crippen molar-refractivity contribution >= 4 is 16.0 Å². The Morgan fingerprint density at radius 1 is 1.33 bits per heavy atom. The van der Waals surface area contributed by atoms with E-state index in [4.69, 9.17) is 0 Å². The highest BCUT2D eigenvalue weighted by atomic mass is 32.2. The summed E-state index contributed by atoms with van der Waals surface area (Å²) >= 11 is 0. The van der Waals surface area contributed by atoms with Gasteiger partial charge in [0, 0.05) is 18.9 Å². The lowest BCUT2D eigenvalue weighted by Gasteiger charge is -2.10. The Balaban J connectivity index is 2.27. The van der Waals surface area contributed by atoms with Crippen molar-refractivity contribution in [3.05, 3.63) is 59.7 Å². The Morgan fingerprint density at radius 3 is 2.71 bits per heavy atom. The zero-order valence-electron chi connectivity index (χ0n) is 10.6. The average molecular weight is 309 g/mol. The second kappa shape index (κ2) is 5.98. The maximum Gasteiger partial charge on any atom is 0.243 e. The minimum absolute atomic E-state index is 0.0921. The van der Waals surface area contributed by atoms with Crippen molar-refractivity contribution in [3.63, 3.8) is 0 Å². The fourth-order valence-electron chi connectivity index (χ4n) is 1.60. The van der Waals surface area contributed by atoms with Crippen LogP contribution in [0.2, 0.25) is 0 Å². The number of hydrogen-bond donors (Lipinski definition) is 1. The van der Waals surface area contributed by atoms with Gasteiger partial charge in [-0.15, -0.1) is 0 Å². The Kier molecular flexibility index (Phi) is 4.29. The van der Waals surface area contributed by atoms with Gasteiger partial charge in [-0.2, -0.15) is 0 Å². The molecule has 0 aliphatic carbocycles. The van der Waals surface area contributed by atoms with E-state index >= 15 is 0 Å². The third-order valence-corrected chi connectivity index (χ3v) is 4.06. The zero-order valence-corrected chi connectivity index (χ0v) is 11.4. The lowest BCUT2D eigenvalue weighted by Crippen LogP contribution is -2.26. The van der Waals surface area contributed by atoms with E-state index in [1.807, 2.05) is 0 Å². The van der Waals surface area contributed by atoms with Crippen molar-refractivity contribution in [1.82, 2.24) is 9.71 Å². The number of halogens is 1. The number of carboxylic acid groups (broad SMARTS) is 1. The van der Waals surface area contributed by atoms with E-state index in [9.17, 15) is 22.7 Å². The second-order valence-electron chi connectivity index (χ2n) is 4.12. The first-order chi connectivity index (χ1) is 9.90. The first-order valence-corrected chi connectivity index (χ1v) is 7.28. The number of rotatable bonds is 5. The van der Waals surface area contributed by atoms with Gasteiger partial charge in [0.1, 0.15) is 10.7 Å². The summed E-state index contributed by atoms with van der Waals surface area (Å²) in [5.74, 6) is -2.63. The maximum atomic E-state index is 13.6. The number of aromatic nitrogens is 1. The molecule has 2 aromatic rings. The number of nitrogens with zero attached hydrogens (tertiary/aromatic N) is 1. The van der Waals surface area contributed by atoms with Gasteiger partial charge >= 0.3 is 0 Å². The standard InChI is InChI=1S/C13H11FN2O4S/c14-11-4-3-10(13(17)18)6-12(11)21(19,20)16-8-9-2-1-5-15-7-9/h1-7,16H,8H2,(H,17,18)/p-1. The van der Waals surface area contributed by atoms with Gasteiger partial charge in [-0.05, 0) is 29.3 Å². The highest BCUT2D eigenvalue weighted by Crippen LogP contribution is 2.16. The molecule has 0 aliphatic heterocycles. The Morgan fingerprint density at radius 2 is 2.10 bits per heavy atom. The lowest BCUT2D eigenvalue weighted by atomic mass is 10.2. The van der Waals surface area contributed by atoms with Crippen LogP contribution in [0.1, 0.15) is 15.9 Å². The second-order valence-corrected chi connectivity index (χ2v) is 5.85. The number of aromatic carboxylic acids is 1. The molecule has 0 aliphatic rings. The molecule has 1 N–H and O–H groups in total. The van der Waals surface area contributed by atoms with Crippen molar-refractivity contribution in [2.24, 2.45) is 0 Å². The Hall–Kier alpha value is -2.32. The molecule has 0 saturated heterocycles. The highest BCUT2D eigenvalue weighted by molar-refractivity contribution is 7.89. The minimum atomic E-state index is -4.19. The summed E-state index contributed by atoms with van der Waals surface area (Å²) in [5.41, 5.74) is 0.163. The van der Waals surface area contributed by atoms with Gasteiger partial charge < -0.3 is 9.90 Å². The van der Waals surface area contributed by atoms with E-state index in [1.54, 1.807) is 12.1 Å². The van der Waals surface area contributed by atoms with Crippen molar-refractivity contribution in [1.29, 1.82) is 0 Å². The topological polar surface area (TPSA) is 99.2 Å². The summed E-state index contributed by atoms with van der Waals surface area (Å²) < 4.78 is 39.8. The smallest absolute Gasteiger partial charge is 0.243 e. The van der Waals surface area contributed by atoms with Gasteiger partial charge in [0.05, 0.1) is 5.97 Å². The van der Waals surface area contributed by atoms with Crippen LogP contribution < -0.4 is 9.83 Å². The van der Waals surface area contributed by atoms with Crippen molar-refractivity contribution < 1.29 is 22.7 Å². The third kappa shape index (κ3) is 3.61. The fraction of sp³-hybridized carbons (Fsp3) is 0.0769. The molecule has 8 heteroatoms. The summed E-state index contributed by atoms with van der Waals surface area (Å²) in [4.78, 5) is 13.8. The van der Waals surface area contributed by atoms with E-state index in [1.165, 1.54) is 12.4 Å². The van der Waals surface area contributed by atoms with E-state index < -0.39 is 32.3 Å². The molecule has 0 amide bonds. The molecule has 1 aromatic heterocycles. The number of hydrogen-bond acceptors (Lipinski definition) is 5. The molecule has 0 saturated carbocycles. The van der Waals surface area contributed by atoms with Gasteiger partial charge in [0.25, 0.3) is 0 Å². The lowest BCUT2D eigenvalue weighted by molar-refractivity contribution is -0.255. The molecule has 1 heterocycles. The third-order valence-electron chi connectivity index (χ3n) is 2.65. The zero-order chi connectivity index (χ0) is 15.5. The summed E-state index contributed by atoms with van der Waals surface area (Å²) in [5, 5.41) is 10.7. The number of carboxylic acids is 1. The van der Waals surface area contributed by atoms with Gasteiger partial charge in [0.15, 0.2) is 0 Å².